The predicted octanol–water partition coefficient (Wildman–Crippen LogP) is 3.13. The molecule has 0 spiro atoms. The number of hydrogen-bond acceptors (Lipinski definition) is 4. The summed E-state index contributed by atoms with van der Waals surface area (Å²) in [6.45, 7) is 4.39. The Morgan fingerprint density at radius 1 is 1.40 bits per heavy atom. The topological polar surface area (TPSA) is 48.4 Å². The van der Waals surface area contributed by atoms with Crippen molar-refractivity contribution in [1.29, 1.82) is 0 Å². The molecule has 3 rings (SSSR count). The molecule has 4 nitrogen and oxygen atoms in total. The predicted molar refractivity (Wildman–Crippen MR) is 74.7 cm³/mol. The summed E-state index contributed by atoms with van der Waals surface area (Å²) in [6, 6.07) is 7.71. The summed E-state index contributed by atoms with van der Waals surface area (Å²) >= 11 is 0. The van der Waals surface area contributed by atoms with E-state index in [1.807, 2.05) is 31.2 Å². The lowest BCUT2D eigenvalue weighted by molar-refractivity contribution is 0.0525. The van der Waals surface area contributed by atoms with Crippen molar-refractivity contribution in [2.75, 3.05) is 6.61 Å². The smallest absolute Gasteiger partial charge is 0.340 e. The summed E-state index contributed by atoms with van der Waals surface area (Å²) < 4.78 is 10.9. The number of ether oxygens (including phenoxy) is 2. The molecule has 0 unspecified atom stereocenters. The molecule has 2 aromatic rings. The van der Waals surface area contributed by atoms with Gasteiger partial charge in [-0.25, -0.2) is 4.79 Å². The Bertz CT molecular complexity index is 679. The third-order valence-corrected chi connectivity index (χ3v) is 3.37. The van der Waals surface area contributed by atoms with Crippen LogP contribution in [0.4, 0.5) is 0 Å². The van der Waals surface area contributed by atoms with E-state index in [2.05, 4.69) is 4.98 Å². The number of aromatic nitrogens is 1. The Hall–Kier alpha value is -2.36. The summed E-state index contributed by atoms with van der Waals surface area (Å²) in [5, 5.41) is 0. The molecule has 0 radical (unpaired) electrons. The zero-order valence-electron chi connectivity index (χ0n) is 11.5. The van der Waals surface area contributed by atoms with Crippen molar-refractivity contribution in [3.05, 3.63) is 47.3 Å². The van der Waals surface area contributed by atoms with Gasteiger partial charge in [-0.1, -0.05) is 18.2 Å². The van der Waals surface area contributed by atoms with E-state index < -0.39 is 0 Å². The molecule has 102 valence electrons. The van der Waals surface area contributed by atoms with E-state index in [-0.39, 0.29) is 5.97 Å². The minimum Gasteiger partial charge on any atom is -0.488 e. The Balaban J connectivity index is 2.25. The number of esters is 1. The lowest BCUT2D eigenvalue weighted by atomic mass is 9.92. The minimum absolute atomic E-state index is 0.328. The highest BCUT2D eigenvalue weighted by Crippen LogP contribution is 2.40. The van der Waals surface area contributed by atoms with E-state index in [9.17, 15) is 4.79 Å². The van der Waals surface area contributed by atoms with Gasteiger partial charge in [0.15, 0.2) is 0 Å². The molecule has 0 amide bonds. The Morgan fingerprint density at radius 3 is 3.00 bits per heavy atom. The SMILES string of the molecule is CCOC(=O)c1c(C)ncc2c1-c1ccccc1OC2. The standard InChI is InChI=1S/C16H15NO3/c1-3-19-16(18)14-10(2)17-8-11-9-20-13-7-5-4-6-12(13)15(11)14/h4-8H,3,9H2,1-2H3. The zero-order chi connectivity index (χ0) is 14.1. The van der Waals surface area contributed by atoms with Gasteiger partial charge in [0.2, 0.25) is 0 Å². The van der Waals surface area contributed by atoms with Gasteiger partial charge in [-0.15, -0.1) is 0 Å². The summed E-state index contributed by atoms with van der Waals surface area (Å²) in [6.07, 6.45) is 1.77. The quantitative estimate of drug-likeness (QED) is 0.786. The molecule has 0 saturated carbocycles. The van der Waals surface area contributed by atoms with Crippen molar-refractivity contribution in [3.63, 3.8) is 0 Å². The van der Waals surface area contributed by atoms with Crippen LogP contribution in [-0.4, -0.2) is 17.6 Å². The van der Waals surface area contributed by atoms with Gasteiger partial charge in [-0.3, -0.25) is 4.98 Å². The van der Waals surface area contributed by atoms with Crippen LogP contribution in [-0.2, 0) is 11.3 Å². The summed E-state index contributed by atoms with van der Waals surface area (Å²) in [7, 11) is 0. The van der Waals surface area contributed by atoms with Crippen LogP contribution in [0.5, 0.6) is 5.75 Å². The maximum atomic E-state index is 12.2. The van der Waals surface area contributed by atoms with Gasteiger partial charge < -0.3 is 9.47 Å². The number of pyridine rings is 1. The number of aryl methyl sites for hydroxylation is 1. The van der Waals surface area contributed by atoms with Crippen molar-refractivity contribution >= 4 is 5.97 Å². The van der Waals surface area contributed by atoms with E-state index >= 15 is 0 Å². The fourth-order valence-corrected chi connectivity index (χ4v) is 2.47. The minimum atomic E-state index is -0.328. The third-order valence-electron chi connectivity index (χ3n) is 3.37. The van der Waals surface area contributed by atoms with Crippen molar-refractivity contribution in [3.8, 4) is 16.9 Å². The maximum absolute atomic E-state index is 12.2. The van der Waals surface area contributed by atoms with Crippen LogP contribution in [0.15, 0.2) is 30.5 Å². The largest absolute Gasteiger partial charge is 0.488 e. The van der Waals surface area contributed by atoms with Crippen LogP contribution >= 0.6 is 0 Å². The van der Waals surface area contributed by atoms with E-state index in [1.165, 1.54) is 0 Å². The molecule has 0 saturated heterocycles. The normalized spacial score (nSPS) is 12.1. The molecule has 1 aromatic carbocycles. The molecule has 0 fully saturated rings. The summed E-state index contributed by atoms with van der Waals surface area (Å²) in [4.78, 5) is 16.5. The molecule has 0 bridgehead atoms. The number of carbonyl (C=O) groups is 1. The second kappa shape index (κ2) is 4.96. The van der Waals surface area contributed by atoms with Gasteiger partial charge in [-0.2, -0.15) is 0 Å². The van der Waals surface area contributed by atoms with Gasteiger partial charge in [-0.05, 0) is 19.9 Å². The van der Waals surface area contributed by atoms with Gasteiger partial charge in [0.05, 0.1) is 17.9 Å². The second-order valence-corrected chi connectivity index (χ2v) is 4.62. The Labute approximate surface area is 117 Å². The monoisotopic (exact) mass is 269 g/mol. The number of fused-ring (bicyclic) bond motifs is 3. The first kappa shape index (κ1) is 12.7. The third kappa shape index (κ3) is 1.93. The molecule has 0 aliphatic carbocycles. The van der Waals surface area contributed by atoms with E-state index in [0.717, 1.165) is 22.4 Å². The van der Waals surface area contributed by atoms with Crippen LogP contribution in [0.3, 0.4) is 0 Å². The van der Waals surface area contributed by atoms with E-state index in [1.54, 1.807) is 13.1 Å². The highest BCUT2D eigenvalue weighted by molar-refractivity contribution is 6.00. The fraction of sp³-hybridized carbons (Fsp3) is 0.250. The van der Waals surface area contributed by atoms with Gasteiger partial charge in [0, 0.05) is 22.9 Å². The number of hydrogen-bond donors (Lipinski definition) is 0. The van der Waals surface area contributed by atoms with Crippen molar-refractivity contribution in [2.24, 2.45) is 0 Å². The molecule has 2 heterocycles. The van der Waals surface area contributed by atoms with Crippen LogP contribution in [0.25, 0.3) is 11.1 Å². The zero-order valence-corrected chi connectivity index (χ0v) is 11.5. The highest BCUT2D eigenvalue weighted by atomic mass is 16.5. The first-order valence-corrected chi connectivity index (χ1v) is 6.60. The number of benzene rings is 1. The molecule has 1 aliphatic heterocycles. The number of nitrogens with zero attached hydrogens (tertiary/aromatic N) is 1. The van der Waals surface area contributed by atoms with E-state index in [4.69, 9.17) is 9.47 Å². The first-order chi connectivity index (χ1) is 9.72. The number of rotatable bonds is 2. The van der Waals surface area contributed by atoms with Crippen molar-refractivity contribution in [2.45, 2.75) is 20.5 Å². The average molecular weight is 269 g/mol. The van der Waals surface area contributed by atoms with Crippen molar-refractivity contribution < 1.29 is 14.3 Å². The summed E-state index contributed by atoms with van der Waals surface area (Å²) in [5.74, 6) is 0.460. The molecule has 20 heavy (non-hydrogen) atoms. The van der Waals surface area contributed by atoms with Crippen LogP contribution < -0.4 is 4.74 Å². The molecule has 0 N–H and O–H groups in total. The Morgan fingerprint density at radius 2 is 2.20 bits per heavy atom. The van der Waals surface area contributed by atoms with Crippen LogP contribution in [0.2, 0.25) is 0 Å². The summed E-state index contributed by atoms with van der Waals surface area (Å²) in [5.41, 5.74) is 3.94. The van der Waals surface area contributed by atoms with Crippen molar-refractivity contribution in [1.82, 2.24) is 4.98 Å². The first-order valence-electron chi connectivity index (χ1n) is 6.60. The maximum Gasteiger partial charge on any atom is 0.340 e. The Kier molecular flexibility index (Phi) is 3.14. The van der Waals surface area contributed by atoms with Crippen LogP contribution in [0, 0.1) is 6.92 Å². The van der Waals surface area contributed by atoms with Crippen LogP contribution in [0.1, 0.15) is 28.5 Å². The number of para-hydroxylation sites is 1. The lowest BCUT2D eigenvalue weighted by Crippen LogP contribution is -2.15. The molecule has 0 atom stereocenters. The lowest BCUT2D eigenvalue weighted by Gasteiger charge is -2.23. The van der Waals surface area contributed by atoms with E-state index in [0.29, 0.717) is 24.5 Å². The molecular formula is C16H15NO3. The van der Waals surface area contributed by atoms with Gasteiger partial charge in [0.1, 0.15) is 12.4 Å². The fourth-order valence-electron chi connectivity index (χ4n) is 2.47. The molecule has 4 heteroatoms. The average Bonchev–Trinajstić information content (AvgIpc) is 2.47. The molecular weight excluding hydrogens is 254 g/mol. The van der Waals surface area contributed by atoms with Gasteiger partial charge in [0.25, 0.3) is 0 Å². The van der Waals surface area contributed by atoms with Gasteiger partial charge >= 0.3 is 5.97 Å². The molecule has 1 aromatic heterocycles. The second-order valence-electron chi connectivity index (χ2n) is 4.62. The molecule has 1 aliphatic rings. The number of carbonyl (C=O) groups excluding carboxylic acids is 1. The highest BCUT2D eigenvalue weighted by Gasteiger charge is 2.26.